The number of benzene rings is 3. The summed E-state index contributed by atoms with van der Waals surface area (Å²) >= 11 is 7.09. The molecule has 0 saturated carbocycles. The number of aromatic nitrogens is 1. The normalized spacial score (nSPS) is 13.2. The van der Waals surface area contributed by atoms with Crippen molar-refractivity contribution in [3.8, 4) is 0 Å². The van der Waals surface area contributed by atoms with E-state index in [1.54, 1.807) is 11.8 Å². The lowest BCUT2D eigenvalue weighted by Gasteiger charge is -2.29. The smallest absolute Gasteiger partial charge is 0.237 e. The van der Waals surface area contributed by atoms with E-state index in [2.05, 4.69) is 15.6 Å². The van der Waals surface area contributed by atoms with Crippen LogP contribution in [0, 0.1) is 0 Å². The van der Waals surface area contributed by atoms with Gasteiger partial charge in [-0.3, -0.25) is 4.79 Å². The van der Waals surface area contributed by atoms with Crippen molar-refractivity contribution in [2.45, 2.75) is 11.4 Å². The van der Waals surface area contributed by atoms with Crippen LogP contribution >= 0.6 is 24.0 Å². The van der Waals surface area contributed by atoms with E-state index < -0.39 is 0 Å². The molecule has 0 aliphatic carbocycles. The number of amides is 1. The van der Waals surface area contributed by atoms with Crippen LogP contribution in [0.4, 0.5) is 17.1 Å². The molecule has 1 aliphatic rings. The number of nitrogens with one attached hydrogen (secondary N) is 3. The van der Waals surface area contributed by atoms with Crippen molar-refractivity contribution in [3.05, 3.63) is 84.6 Å². The van der Waals surface area contributed by atoms with Gasteiger partial charge in [0.1, 0.15) is 0 Å². The van der Waals surface area contributed by atoms with Crippen molar-refractivity contribution in [3.63, 3.8) is 0 Å². The molecule has 4 aromatic rings. The lowest BCUT2D eigenvalue weighted by atomic mass is 10.2. The molecule has 7 heteroatoms. The molecule has 0 bridgehead atoms. The number of H-pyrrole nitrogens is 1. The van der Waals surface area contributed by atoms with Crippen LogP contribution in [-0.4, -0.2) is 21.8 Å². The van der Waals surface area contributed by atoms with Crippen molar-refractivity contribution in [1.29, 1.82) is 0 Å². The minimum Gasteiger partial charge on any atom is -0.361 e. The quantitative estimate of drug-likeness (QED) is 0.357. The van der Waals surface area contributed by atoms with Gasteiger partial charge in [-0.1, -0.05) is 36.4 Å². The standard InChI is InChI=1S/C24H20N4OS2/c29-23-15-31-22-9-8-19(13-21(22)28(23)14-16-4-2-1-3-5-16)27-24(30)26-18-7-6-17-10-11-25-20(17)12-18/h1-13,25H,14-15H2,(H2,26,27,30). The summed E-state index contributed by atoms with van der Waals surface area (Å²) in [7, 11) is 0. The Bertz CT molecular complexity index is 1270. The Balaban J connectivity index is 1.34. The van der Waals surface area contributed by atoms with Crippen LogP contribution in [0.25, 0.3) is 10.9 Å². The summed E-state index contributed by atoms with van der Waals surface area (Å²) in [6.45, 7) is 0.551. The molecule has 0 radical (unpaired) electrons. The van der Waals surface area contributed by atoms with Gasteiger partial charge in [0.25, 0.3) is 0 Å². The summed E-state index contributed by atoms with van der Waals surface area (Å²) in [5.74, 6) is 0.562. The van der Waals surface area contributed by atoms with Gasteiger partial charge in [-0.2, -0.15) is 0 Å². The maximum atomic E-state index is 12.7. The zero-order chi connectivity index (χ0) is 21.2. The van der Waals surface area contributed by atoms with Crippen molar-refractivity contribution in [2.75, 3.05) is 21.3 Å². The minimum absolute atomic E-state index is 0.110. The third kappa shape index (κ3) is 4.28. The van der Waals surface area contributed by atoms with Crippen molar-refractivity contribution in [2.24, 2.45) is 0 Å². The highest BCUT2D eigenvalue weighted by Gasteiger charge is 2.25. The molecule has 154 valence electrons. The lowest BCUT2D eigenvalue weighted by Crippen LogP contribution is -2.34. The van der Waals surface area contributed by atoms with Gasteiger partial charge in [0, 0.05) is 28.0 Å². The van der Waals surface area contributed by atoms with E-state index >= 15 is 0 Å². The number of hydrogen-bond acceptors (Lipinski definition) is 3. The number of fused-ring (bicyclic) bond motifs is 2. The van der Waals surface area contributed by atoms with E-state index in [9.17, 15) is 4.79 Å². The first kappa shape index (κ1) is 19.7. The molecule has 0 unspecified atom stereocenters. The SMILES string of the molecule is O=C1CSc2ccc(NC(=S)Nc3ccc4cc[nH]c4c3)cc2N1Cc1ccccc1. The van der Waals surface area contributed by atoms with Gasteiger partial charge in [-0.05, 0) is 59.6 Å². The highest BCUT2D eigenvalue weighted by Crippen LogP contribution is 2.38. The molecule has 5 nitrogen and oxygen atoms in total. The maximum Gasteiger partial charge on any atom is 0.237 e. The number of carbonyl (C=O) groups excluding carboxylic acids is 1. The highest BCUT2D eigenvalue weighted by molar-refractivity contribution is 8.00. The van der Waals surface area contributed by atoms with Crippen LogP contribution < -0.4 is 15.5 Å². The van der Waals surface area contributed by atoms with Gasteiger partial charge in [-0.15, -0.1) is 11.8 Å². The number of aromatic amines is 1. The molecule has 31 heavy (non-hydrogen) atoms. The summed E-state index contributed by atoms with van der Waals surface area (Å²) in [6, 6.07) is 24.2. The average Bonchev–Trinajstić information content (AvgIpc) is 3.24. The zero-order valence-electron chi connectivity index (χ0n) is 16.6. The van der Waals surface area contributed by atoms with E-state index in [0.717, 1.165) is 38.4 Å². The minimum atomic E-state index is 0.110. The van der Waals surface area contributed by atoms with E-state index in [1.165, 1.54) is 0 Å². The van der Waals surface area contributed by atoms with E-state index in [-0.39, 0.29) is 5.91 Å². The van der Waals surface area contributed by atoms with E-state index in [0.29, 0.717) is 17.4 Å². The van der Waals surface area contributed by atoms with Crippen LogP contribution in [0.2, 0.25) is 0 Å². The van der Waals surface area contributed by atoms with Crippen LogP contribution in [0.15, 0.2) is 83.9 Å². The second-order valence-corrected chi connectivity index (χ2v) is 8.72. The Morgan fingerprint density at radius 3 is 2.61 bits per heavy atom. The van der Waals surface area contributed by atoms with Gasteiger partial charge in [0.15, 0.2) is 5.11 Å². The summed E-state index contributed by atoms with van der Waals surface area (Å²) in [6.07, 6.45) is 1.92. The predicted octanol–water partition coefficient (Wildman–Crippen LogP) is 5.62. The molecule has 0 spiro atoms. The number of anilines is 3. The number of hydrogen-bond donors (Lipinski definition) is 3. The molecule has 2 heterocycles. The molecule has 3 aromatic carbocycles. The van der Waals surface area contributed by atoms with Crippen molar-refractivity contribution in [1.82, 2.24) is 4.98 Å². The van der Waals surface area contributed by atoms with Crippen LogP contribution in [-0.2, 0) is 11.3 Å². The number of nitrogens with zero attached hydrogens (tertiary/aromatic N) is 1. The Hall–Kier alpha value is -3.29. The molecule has 3 N–H and O–H groups in total. The van der Waals surface area contributed by atoms with Gasteiger partial charge in [0.2, 0.25) is 5.91 Å². The molecule has 1 aliphatic heterocycles. The number of thiocarbonyl (C=S) groups is 1. The van der Waals surface area contributed by atoms with E-state index in [1.807, 2.05) is 83.9 Å². The predicted molar refractivity (Wildman–Crippen MR) is 133 cm³/mol. The molecule has 0 atom stereocenters. The highest BCUT2D eigenvalue weighted by atomic mass is 32.2. The third-order valence-corrected chi connectivity index (χ3v) is 6.41. The third-order valence-electron chi connectivity index (χ3n) is 5.16. The number of carbonyl (C=O) groups is 1. The monoisotopic (exact) mass is 444 g/mol. The fraction of sp³-hybridized carbons (Fsp3) is 0.0833. The average molecular weight is 445 g/mol. The zero-order valence-corrected chi connectivity index (χ0v) is 18.2. The van der Waals surface area contributed by atoms with Gasteiger partial charge >= 0.3 is 0 Å². The molecule has 5 rings (SSSR count). The topological polar surface area (TPSA) is 60.2 Å². The second kappa shape index (κ2) is 8.45. The Morgan fingerprint density at radius 1 is 1.00 bits per heavy atom. The first-order valence-corrected chi connectivity index (χ1v) is 11.3. The van der Waals surface area contributed by atoms with Crippen molar-refractivity contribution >= 4 is 63.0 Å². The fourth-order valence-corrected chi connectivity index (χ4v) is 4.79. The summed E-state index contributed by atoms with van der Waals surface area (Å²) in [4.78, 5) is 18.8. The molecular formula is C24H20N4OS2. The molecule has 0 saturated heterocycles. The molecular weight excluding hydrogens is 424 g/mol. The largest absolute Gasteiger partial charge is 0.361 e. The number of thioether (sulfide) groups is 1. The molecule has 1 aromatic heterocycles. The fourth-order valence-electron chi connectivity index (χ4n) is 3.64. The Morgan fingerprint density at radius 2 is 1.77 bits per heavy atom. The van der Waals surface area contributed by atoms with Crippen LogP contribution in [0.3, 0.4) is 0 Å². The van der Waals surface area contributed by atoms with Gasteiger partial charge < -0.3 is 20.5 Å². The second-order valence-electron chi connectivity index (χ2n) is 7.30. The number of rotatable bonds is 4. The summed E-state index contributed by atoms with van der Waals surface area (Å²) in [5, 5.41) is 8.12. The lowest BCUT2D eigenvalue weighted by molar-refractivity contribution is -0.116. The molecule has 0 fully saturated rings. The van der Waals surface area contributed by atoms with Gasteiger partial charge in [0.05, 0.1) is 18.0 Å². The molecule has 1 amide bonds. The van der Waals surface area contributed by atoms with E-state index in [4.69, 9.17) is 12.2 Å². The van der Waals surface area contributed by atoms with Crippen molar-refractivity contribution < 1.29 is 4.79 Å². The summed E-state index contributed by atoms with van der Waals surface area (Å²) < 4.78 is 0. The Labute approximate surface area is 189 Å². The van der Waals surface area contributed by atoms with Gasteiger partial charge in [-0.25, -0.2) is 0 Å². The maximum absolute atomic E-state index is 12.7. The Kier molecular flexibility index (Phi) is 5.36. The van der Waals surface area contributed by atoms with Crippen LogP contribution in [0.5, 0.6) is 0 Å². The summed E-state index contributed by atoms with van der Waals surface area (Å²) in [5.41, 5.74) is 4.80. The van der Waals surface area contributed by atoms with Crippen LogP contribution in [0.1, 0.15) is 5.56 Å². The first-order chi connectivity index (χ1) is 15.2. The first-order valence-electron chi connectivity index (χ1n) is 9.92.